The molecule has 2 bridgehead atoms. The Kier molecular flexibility index (Phi) is 2.51. The summed E-state index contributed by atoms with van der Waals surface area (Å²) in [6.45, 7) is 4.54. The van der Waals surface area contributed by atoms with Gasteiger partial charge in [0.05, 0.1) is 0 Å². The third-order valence-electron chi connectivity index (χ3n) is 4.33. The Morgan fingerprint density at radius 1 is 1.18 bits per heavy atom. The molecule has 1 aromatic rings. The molecule has 3 nitrogen and oxygen atoms in total. The maximum absolute atomic E-state index is 5.83. The van der Waals surface area contributed by atoms with E-state index in [1.54, 1.807) is 0 Å². The highest BCUT2D eigenvalue weighted by molar-refractivity contribution is 5.60. The van der Waals surface area contributed by atoms with Gasteiger partial charge in [-0.2, -0.15) is 0 Å². The van der Waals surface area contributed by atoms with E-state index in [1.807, 2.05) is 6.07 Å². The second-order valence-corrected chi connectivity index (χ2v) is 5.52. The third-order valence-corrected chi connectivity index (χ3v) is 4.33. The molecule has 17 heavy (non-hydrogen) atoms. The average molecular weight is 231 g/mol. The summed E-state index contributed by atoms with van der Waals surface area (Å²) in [5, 5.41) is 0. The smallest absolute Gasteiger partial charge is 0.0418 e. The first kappa shape index (κ1) is 10.9. The number of rotatable bonds is 1. The molecule has 0 spiro atoms. The summed E-state index contributed by atoms with van der Waals surface area (Å²) in [5.74, 6) is 0. The van der Waals surface area contributed by atoms with Crippen molar-refractivity contribution in [2.45, 2.75) is 31.8 Å². The lowest BCUT2D eigenvalue weighted by Gasteiger charge is -2.51. The minimum Gasteiger partial charge on any atom is -0.399 e. The largest absolute Gasteiger partial charge is 0.399 e. The van der Waals surface area contributed by atoms with Gasteiger partial charge in [-0.3, -0.25) is 4.90 Å². The first-order valence-electron chi connectivity index (χ1n) is 6.48. The van der Waals surface area contributed by atoms with Gasteiger partial charge in [0.25, 0.3) is 0 Å². The summed E-state index contributed by atoms with van der Waals surface area (Å²) in [6, 6.07) is 7.71. The molecule has 92 valence electrons. The lowest BCUT2D eigenvalue weighted by molar-refractivity contribution is 0.125. The van der Waals surface area contributed by atoms with Gasteiger partial charge in [-0.25, -0.2) is 0 Å². The average Bonchev–Trinajstić information content (AvgIpc) is 2.30. The number of nitrogens with zero attached hydrogens (tertiary/aromatic N) is 2. The normalized spacial score (nSPS) is 28.7. The number of anilines is 2. The summed E-state index contributed by atoms with van der Waals surface area (Å²) < 4.78 is 0. The van der Waals surface area contributed by atoms with E-state index < -0.39 is 0 Å². The van der Waals surface area contributed by atoms with Crippen LogP contribution in [0.4, 0.5) is 11.4 Å². The van der Waals surface area contributed by atoms with Crippen LogP contribution < -0.4 is 10.6 Å². The highest BCUT2D eigenvalue weighted by Gasteiger charge is 2.37. The predicted molar refractivity (Wildman–Crippen MR) is 72.4 cm³/mol. The molecule has 1 aromatic carbocycles. The molecule has 0 aliphatic carbocycles. The Morgan fingerprint density at radius 2 is 1.94 bits per heavy atom. The highest BCUT2D eigenvalue weighted by Crippen LogP contribution is 2.34. The standard InChI is InChI=1S/C14H21N3/c1-10-7-11(15)3-6-14(10)17-9-12-4-5-13(17)8-16(12)2/h3,6-7,12-13H,4-5,8-9,15H2,1-2H3. The zero-order chi connectivity index (χ0) is 12.0. The van der Waals surface area contributed by atoms with Gasteiger partial charge in [0.1, 0.15) is 0 Å². The van der Waals surface area contributed by atoms with Crippen LogP contribution in [-0.2, 0) is 0 Å². The van der Waals surface area contributed by atoms with E-state index in [0.717, 1.165) is 11.7 Å². The van der Waals surface area contributed by atoms with Crippen LogP contribution in [-0.4, -0.2) is 37.1 Å². The quantitative estimate of drug-likeness (QED) is 0.749. The Labute approximate surface area is 103 Å². The molecular formula is C14H21N3. The summed E-state index contributed by atoms with van der Waals surface area (Å²) in [4.78, 5) is 5.10. The number of nitrogens with two attached hydrogens (primary N) is 1. The first-order valence-corrected chi connectivity index (χ1v) is 6.48. The van der Waals surface area contributed by atoms with E-state index in [9.17, 15) is 0 Å². The van der Waals surface area contributed by atoms with Crippen LogP contribution in [0.2, 0.25) is 0 Å². The second kappa shape index (κ2) is 3.91. The van der Waals surface area contributed by atoms with Crippen LogP contribution in [0, 0.1) is 6.92 Å². The molecule has 3 heteroatoms. The summed E-state index contributed by atoms with van der Waals surface area (Å²) >= 11 is 0. The number of hydrogen-bond donors (Lipinski definition) is 1. The molecule has 2 unspecified atom stereocenters. The van der Waals surface area contributed by atoms with Crippen molar-refractivity contribution in [1.29, 1.82) is 0 Å². The summed E-state index contributed by atoms with van der Waals surface area (Å²) in [5.41, 5.74) is 9.38. The zero-order valence-electron chi connectivity index (χ0n) is 10.7. The zero-order valence-corrected chi connectivity index (χ0v) is 10.7. The SMILES string of the molecule is Cc1cc(N)ccc1N1CC2CCC1CN2C. The van der Waals surface area contributed by atoms with Crippen LogP contribution >= 0.6 is 0 Å². The maximum atomic E-state index is 5.83. The molecular weight excluding hydrogens is 210 g/mol. The van der Waals surface area contributed by atoms with Crippen molar-refractivity contribution in [3.8, 4) is 0 Å². The number of benzene rings is 1. The minimum atomic E-state index is 0.687. The molecule has 3 saturated heterocycles. The van der Waals surface area contributed by atoms with E-state index >= 15 is 0 Å². The lowest BCUT2D eigenvalue weighted by Crippen LogP contribution is -2.61. The number of hydrogen-bond acceptors (Lipinski definition) is 3. The van der Waals surface area contributed by atoms with Gasteiger partial charge in [0, 0.05) is 36.5 Å². The lowest BCUT2D eigenvalue weighted by atomic mass is 9.90. The Morgan fingerprint density at radius 3 is 2.53 bits per heavy atom. The molecule has 3 fully saturated rings. The van der Waals surface area contributed by atoms with Gasteiger partial charge in [-0.1, -0.05) is 0 Å². The molecule has 0 aromatic heterocycles. The van der Waals surface area contributed by atoms with Crippen LogP contribution in [0.3, 0.4) is 0 Å². The van der Waals surface area contributed by atoms with E-state index in [-0.39, 0.29) is 0 Å². The van der Waals surface area contributed by atoms with Gasteiger partial charge < -0.3 is 10.6 Å². The van der Waals surface area contributed by atoms with Crippen LogP contribution in [0.15, 0.2) is 18.2 Å². The molecule has 0 radical (unpaired) electrons. The maximum Gasteiger partial charge on any atom is 0.0418 e. The van der Waals surface area contributed by atoms with E-state index in [1.165, 1.54) is 37.2 Å². The molecule has 3 aliphatic heterocycles. The first-order chi connectivity index (χ1) is 8.15. The summed E-state index contributed by atoms with van der Waals surface area (Å²) in [6.07, 6.45) is 2.69. The molecule has 0 amide bonds. The predicted octanol–water partition coefficient (Wildman–Crippen LogP) is 1.86. The number of aryl methyl sites for hydroxylation is 1. The van der Waals surface area contributed by atoms with Crippen LogP contribution in [0.25, 0.3) is 0 Å². The summed E-state index contributed by atoms with van der Waals surface area (Å²) in [7, 11) is 2.25. The number of likely N-dealkylation sites (N-methyl/N-ethyl adjacent to an activating group) is 1. The molecule has 2 N–H and O–H groups in total. The molecule has 0 saturated carbocycles. The number of nitrogen functional groups attached to an aromatic ring is 1. The number of piperidine rings is 2. The molecule has 3 aliphatic rings. The highest BCUT2D eigenvalue weighted by atomic mass is 15.3. The monoisotopic (exact) mass is 231 g/mol. The number of fused-ring (bicyclic) bond motifs is 3. The van der Waals surface area contributed by atoms with Crippen molar-refractivity contribution >= 4 is 11.4 Å². The van der Waals surface area contributed by atoms with Crippen molar-refractivity contribution in [3.63, 3.8) is 0 Å². The molecule has 4 rings (SSSR count). The van der Waals surface area contributed by atoms with Crippen molar-refractivity contribution < 1.29 is 0 Å². The van der Waals surface area contributed by atoms with Gasteiger partial charge >= 0.3 is 0 Å². The van der Waals surface area contributed by atoms with E-state index in [0.29, 0.717) is 6.04 Å². The van der Waals surface area contributed by atoms with Crippen molar-refractivity contribution in [1.82, 2.24) is 4.90 Å². The Balaban J connectivity index is 1.90. The Bertz CT molecular complexity index is 429. The topological polar surface area (TPSA) is 32.5 Å². The third kappa shape index (κ3) is 1.78. The van der Waals surface area contributed by atoms with Gasteiger partial charge in [-0.15, -0.1) is 0 Å². The fourth-order valence-corrected chi connectivity index (χ4v) is 3.34. The van der Waals surface area contributed by atoms with Crippen LogP contribution in [0.1, 0.15) is 18.4 Å². The minimum absolute atomic E-state index is 0.687. The van der Waals surface area contributed by atoms with Crippen LogP contribution in [0.5, 0.6) is 0 Å². The molecule has 3 heterocycles. The van der Waals surface area contributed by atoms with Gasteiger partial charge in [-0.05, 0) is 50.6 Å². The van der Waals surface area contributed by atoms with Crippen molar-refractivity contribution in [3.05, 3.63) is 23.8 Å². The van der Waals surface area contributed by atoms with Crippen molar-refractivity contribution in [2.75, 3.05) is 30.8 Å². The van der Waals surface area contributed by atoms with E-state index in [4.69, 9.17) is 5.73 Å². The Hall–Kier alpha value is -1.22. The van der Waals surface area contributed by atoms with Gasteiger partial charge in [0.2, 0.25) is 0 Å². The fourth-order valence-electron chi connectivity index (χ4n) is 3.34. The fraction of sp³-hybridized carbons (Fsp3) is 0.571. The van der Waals surface area contributed by atoms with E-state index in [2.05, 4.69) is 35.9 Å². The van der Waals surface area contributed by atoms with Gasteiger partial charge in [0.15, 0.2) is 0 Å². The van der Waals surface area contributed by atoms with Crippen molar-refractivity contribution in [2.24, 2.45) is 0 Å². The second-order valence-electron chi connectivity index (χ2n) is 5.52. The molecule has 2 atom stereocenters. The number of piperazine rings is 1.